The third kappa shape index (κ3) is 4.23. The zero-order valence-corrected chi connectivity index (χ0v) is 14.5. The van der Waals surface area contributed by atoms with Crippen LogP contribution in [0.3, 0.4) is 0 Å². The van der Waals surface area contributed by atoms with Crippen LogP contribution in [-0.2, 0) is 9.84 Å². The Morgan fingerprint density at radius 3 is 2.42 bits per heavy atom. The first-order valence-corrected chi connectivity index (χ1v) is 8.99. The first-order chi connectivity index (χ1) is 11.3. The lowest BCUT2D eigenvalue weighted by atomic mass is 10.1. The van der Waals surface area contributed by atoms with Crippen LogP contribution in [0.15, 0.2) is 53.4 Å². The minimum absolute atomic E-state index is 0.0540. The van der Waals surface area contributed by atoms with Crippen LogP contribution in [0.2, 0.25) is 0 Å². The highest BCUT2D eigenvalue weighted by atomic mass is 32.2. The second-order valence-corrected chi connectivity index (χ2v) is 7.10. The zero-order chi connectivity index (χ0) is 17.7. The fourth-order valence-electron chi connectivity index (χ4n) is 2.14. The number of allylic oxidation sites excluding steroid dienone is 1. The SMILES string of the molecule is COc1cccc(/C=C/C(=O)c2ccc(S(C)(=O)=O)c(OC)c2)c1. The Morgan fingerprint density at radius 2 is 1.79 bits per heavy atom. The Bertz CT molecular complexity index is 882. The fraction of sp³-hybridized carbons (Fsp3) is 0.167. The number of ether oxygens (including phenoxy) is 2. The normalized spacial score (nSPS) is 11.5. The van der Waals surface area contributed by atoms with Crippen LogP contribution in [0.4, 0.5) is 0 Å². The van der Waals surface area contributed by atoms with E-state index >= 15 is 0 Å². The summed E-state index contributed by atoms with van der Waals surface area (Å²) >= 11 is 0. The van der Waals surface area contributed by atoms with E-state index in [9.17, 15) is 13.2 Å². The molecule has 126 valence electrons. The van der Waals surface area contributed by atoms with Gasteiger partial charge in [0.1, 0.15) is 16.4 Å². The van der Waals surface area contributed by atoms with Crippen LogP contribution in [0.25, 0.3) is 6.08 Å². The van der Waals surface area contributed by atoms with E-state index in [4.69, 9.17) is 9.47 Å². The molecule has 0 aromatic heterocycles. The Morgan fingerprint density at radius 1 is 1.04 bits per heavy atom. The molecule has 0 heterocycles. The molecule has 0 bridgehead atoms. The molecule has 2 aromatic rings. The molecule has 0 atom stereocenters. The summed E-state index contributed by atoms with van der Waals surface area (Å²) in [5.74, 6) is 0.595. The van der Waals surface area contributed by atoms with Gasteiger partial charge in [0.25, 0.3) is 0 Å². The molecule has 0 aliphatic carbocycles. The van der Waals surface area contributed by atoms with E-state index in [1.54, 1.807) is 19.3 Å². The van der Waals surface area contributed by atoms with E-state index in [2.05, 4.69) is 0 Å². The molecular formula is C18H18O5S. The molecule has 0 unspecified atom stereocenters. The summed E-state index contributed by atoms with van der Waals surface area (Å²) in [6.07, 6.45) is 4.18. The molecule has 0 amide bonds. The van der Waals surface area contributed by atoms with Gasteiger partial charge in [0.2, 0.25) is 0 Å². The highest BCUT2D eigenvalue weighted by Gasteiger charge is 2.16. The lowest BCUT2D eigenvalue weighted by Crippen LogP contribution is -2.03. The monoisotopic (exact) mass is 346 g/mol. The van der Waals surface area contributed by atoms with Crippen molar-refractivity contribution in [2.45, 2.75) is 4.90 Å². The molecule has 0 aliphatic rings. The van der Waals surface area contributed by atoms with Crippen molar-refractivity contribution in [2.75, 3.05) is 20.5 Å². The topological polar surface area (TPSA) is 69.7 Å². The first kappa shape index (κ1) is 17.7. The van der Waals surface area contributed by atoms with Crippen molar-refractivity contribution < 1.29 is 22.7 Å². The predicted molar refractivity (Wildman–Crippen MR) is 92.5 cm³/mol. The Kier molecular flexibility index (Phi) is 5.41. The lowest BCUT2D eigenvalue weighted by molar-refractivity contribution is 0.104. The van der Waals surface area contributed by atoms with E-state index < -0.39 is 9.84 Å². The van der Waals surface area contributed by atoms with E-state index in [1.807, 2.05) is 18.2 Å². The second kappa shape index (κ2) is 7.31. The highest BCUT2D eigenvalue weighted by Crippen LogP contribution is 2.25. The van der Waals surface area contributed by atoms with Gasteiger partial charge in [-0.15, -0.1) is 0 Å². The Hall–Kier alpha value is -2.60. The van der Waals surface area contributed by atoms with Crippen LogP contribution in [0.5, 0.6) is 11.5 Å². The predicted octanol–water partition coefficient (Wildman–Crippen LogP) is 3.00. The first-order valence-electron chi connectivity index (χ1n) is 7.09. The van der Waals surface area contributed by atoms with Crippen molar-refractivity contribution >= 4 is 21.7 Å². The van der Waals surface area contributed by atoms with Gasteiger partial charge in [-0.2, -0.15) is 0 Å². The quantitative estimate of drug-likeness (QED) is 0.594. The van der Waals surface area contributed by atoms with E-state index in [1.165, 1.54) is 31.4 Å². The van der Waals surface area contributed by atoms with Crippen molar-refractivity contribution in [3.63, 3.8) is 0 Å². The molecule has 0 saturated carbocycles. The largest absolute Gasteiger partial charge is 0.497 e. The maximum absolute atomic E-state index is 12.3. The molecule has 0 aliphatic heterocycles. The zero-order valence-electron chi connectivity index (χ0n) is 13.6. The molecule has 0 saturated heterocycles. The molecule has 2 aromatic carbocycles. The van der Waals surface area contributed by atoms with Gasteiger partial charge in [0.05, 0.1) is 14.2 Å². The average Bonchev–Trinajstić information content (AvgIpc) is 2.58. The molecule has 0 spiro atoms. The van der Waals surface area contributed by atoms with E-state index in [-0.39, 0.29) is 16.4 Å². The fourth-order valence-corrected chi connectivity index (χ4v) is 2.96. The molecule has 5 nitrogen and oxygen atoms in total. The standard InChI is InChI=1S/C18H18O5S/c1-22-15-6-4-5-13(11-15)7-9-16(19)14-8-10-18(24(3,20)21)17(12-14)23-2/h4-12H,1-3H3/b9-7+. The Labute approximate surface area is 141 Å². The Balaban J connectivity index is 2.28. The van der Waals surface area contributed by atoms with Crippen LogP contribution < -0.4 is 9.47 Å². The van der Waals surface area contributed by atoms with E-state index in [0.717, 1.165) is 11.8 Å². The lowest BCUT2D eigenvalue weighted by Gasteiger charge is -2.08. The molecule has 0 radical (unpaired) electrons. The third-order valence-corrected chi connectivity index (χ3v) is 4.50. The molecule has 0 fully saturated rings. The number of sulfone groups is 1. The number of hydrogen-bond acceptors (Lipinski definition) is 5. The summed E-state index contributed by atoms with van der Waals surface area (Å²) in [4.78, 5) is 12.3. The highest BCUT2D eigenvalue weighted by molar-refractivity contribution is 7.90. The molecule has 0 N–H and O–H groups in total. The maximum Gasteiger partial charge on any atom is 0.185 e. The number of carbonyl (C=O) groups is 1. The van der Waals surface area contributed by atoms with Gasteiger partial charge >= 0.3 is 0 Å². The summed E-state index contributed by atoms with van der Waals surface area (Å²) in [5.41, 5.74) is 1.17. The summed E-state index contributed by atoms with van der Waals surface area (Å²) in [6.45, 7) is 0. The van der Waals surface area contributed by atoms with Crippen molar-refractivity contribution in [3.8, 4) is 11.5 Å². The molecule has 6 heteroatoms. The number of carbonyl (C=O) groups excluding carboxylic acids is 1. The average molecular weight is 346 g/mol. The minimum Gasteiger partial charge on any atom is -0.497 e. The summed E-state index contributed by atoms with van der Waals surface area (Å²) < 4.78 is 33.6. The van der Waals surface area contributed by atoms with E-state index in [0.29, 0.717) is 11.3 Å². The summed E-state index contributed by atoms with van der Waals surface area (Å²) in [6, 6.07) is 11.6. The van der Waals surface area contributed by atoms with Gasteiger partial charge in [0, 0.05) is 11.8 Å². The maximum atomic E-state index is 12.3. The van der Waals surface area contributed by atoms with Crippen LogP contribution in [-0.4, -0.2) is 34.7 Å². The number of methoxy groups -OCH3 is 2. The van der Waals surface area contributed by atoms with Crippen molar-refractivity contribution in [1.29, 1.82) is 0 Å². The van der Waals surface area contributed by atoms with Gasteiger partial charge in [-0.05, 0) is 42.0 Å². The van der Waals surface area contributed by atoms with Crippen molar-refractivity contribution in [1.82, 2.24) is 0 Å². The van der Waals surface area contributed by atoms with Crippen molar-refractivity contribution in [2.24, 2.45) is 0 Å². The summed E-state index contributed by atoms with van der Waals surface area (Å²) in [7, 11) is -0.481. The van der Waals surface area contributed by atoms with Gasteiger partial charge in [-0.25, -0.2) is 8.42 Å². The number of benzene rings is 2. The summed E-state index contributed by atoms with van der Waals surface area (Å²) in [5, 5.41) is 0. The number of rotatable bonds is 6. The second-order valence-electron chi connectivity index (χ2n) is 5.11. The smallest absolute Gasteiger partial charge is 0.185 e. The van der Waals surface area contributed by atoms with Crippen LogP contribution in [0.1, 0.15) is 15.9 Å². The van der Waals surface area contributed by atoms with Crippen molar-refractivity contribution in [3.05, 3.63) is 59.7 Å². The van der Waals surface area contributed by atoms with Crippen LogP contribution in [0, 0.1) is 0 Å². The number of hydrogen-bond donors (Lipinski definition) is 0. The van der Waals surface area contributed by atoms with Gasteiger partial charge < -0.3 is 9.47 Å². The third-order valence-electron chi connectivity index (χ3n) is 3.37. The van der Waals surface area contributed by atoms with Gasteiger partial charge in [-0.3, -0.25) is 4.79 Å². The number of ketones is 1. The van der Waals surface area contributed by atoms with Gasteiger partial charge in [-0.1, -0.05) is 18.2 Å². The molecule has 2 rings (SSSR count). The molecular weight excluding hydrogens is 328 g/mol. The minimum atomic E-state index is -3.42. The van der Waals surface area contributed by atoms with Gasteiger partial charge in [0.15, 0.2) is 15.6 Å². The van der Waals surface area contributed by atoms with Crippen LogP contribution >= 0.6 is 0 Å². The molecule has 24 heavy (non-hydrogen) atoms.